The average molecular weight is 298 g/mol. The lowest BCUT2D eigenvalue weighted by Gasteiger charge is -2.32. The molecule has 0 radical (unpaired) electrons. The number of nitrogens with zero attached hydrogens (tertiary/aromatic N) is 4. The summed E-state index contributed by atoms with van der Waals surface area (Å²) in [6, 6.07) is 3.83. The minimum Gasteiger partial charge on any atom is -0.342 e. The zero-order valence-electron chi connectivity index (χ0n) is 13.2. The number of amides is 1. The molecule has 1 amide bonds. The van der Waals surface area contributed by atoms with Crippen molar-refractivity contribution >= 4 is 5.91 Å². The summed E-state index contributed by atoms with van der Waals surface area (Å²) < 4.78 is 2.09. The van der Waals surface area contributed by atoms with Crippen LogP contribution in [0.4, 0.5) is 0 Å². The molecule has 3 heterocycles. The Morgan fingerprint density at radius 2 is 2.32 bits per heavy atom. The van der Waals surface area contributed by atoms with Gasteiger partial charge in [-0.25, -0.2) is 4.98 Å². The second-order valence-electron chi connectivity index (χ2n) is 6.07. The number of pyridine rings is 1. The first-order valence-electron chi connectivity index (χ1n) is 7.80. The molecule has 1 fully saturated rings. The van der Waals surface area contributed by atoms with Gasteiger partial charge in [0.15, 0.2) is 0 Å². The summed E-state index contributed by atoms with van der Waals surface area (Å²) in [4.78, 5) is 23.2. The van der Waals surface area contributed by atoms with E-state index in [9.17, 15) is 4.79 Å². The monoisotopic (exact) mass is 298 g/mol. The molecule has 116 valence electrons. The Bertz CT molecular complexity index is 650. The van der Waals surface area contributed by atoms with E-state index < -0.39 is 0 Å². The average Bonchev–Trinajstić information content (AvgIpc) is 2.87. The predicted octanol–water partition coefficient (Wildman–Crippen LogP) is 2.07. The summed E-state index contributed by atoms with van der Waals surface area (Å²) in [5, 5.41) is 0. The van der Waals surface area contributed by atoms with Gasteiger partial charge in [-0.15, -0.1) is 0 Å². The van der Waals surface area contributed by atoms with Crippen LogP contribution >= 0.6 is 0 Å². The normalized spacial score (nSPS) is 18.5. The molecule has 1 atom stereocenters. The van der Waals surface area contributed by atoms with Gasteiger partial charge in [0.2, 0.25) is 5.91 Å². The van der Waals surface area contributed by atoms with Crippen molar-refractivity contribution < 1.29 is 4.79 Å². The Balaban J connectivity index is 1.68. The Morgan fingerprint density at radius 3 is 3.00 bits per heavy atom. The van der Waals surface area contributed by atoms with Gasteiger partial charge in [-0.05, 0) is 31.4 Å². The van der Waals surface area contributed by atoms with Crippen LogP contribution in [0, 0.1) is 6.92 Å². The van der Waals surface area contributed by atoms with Crippen LogP contribution in [0.1, 0.15) is 35.8 Å². The van der Waals surface area contributed by atoms with Gasteiger partial charge in [0, 0.05) is 44.6 Å². The van der Waals surface area contributed by atoms with E-state index in [1.165, 1.54) is 0 Å². The summed E-state index contributed by atoms with van der Waals surface area (Å²) >= 11 is 0. The van der Waals surface area contributed by atoms with E-state index in [2.05, 4.69) is 14.5 Å². The minimum absolute atomic E-state index is 0.184. The van der Waals surface area contributed by atoms with E-state index >= 15 is 0 Å². The molecule has 0 N–H and O–H groups in total. The number of aryl methyl sites for hydroxylation is 2. The van der Waals surface area contributed by atoms with Gasteiger partial charge in [-0.1, -0.05) is 6.07 Å². The molecule has 22 heavy (non-hydrogen) atoms. The van der Waals surface area contributed by atoms with Gasteiger partial charge in [-0.2, -0.15) is 0 Å². The van der Waals surface area contributed by atoms with Gasteiger partial charge in [-0.3, -0.25) is 9.78 Å². The van der Waals surface area contributed by atoms with Gasteiger partial charge in [0.1, 0.15) is 5.82 Å². The number of aromatic nitrogens is 3. The smallest absolute Gasteiger partial charge is 0.227 e. The lowest BCUT2D eigenvalue weighted by Crippen LogP contribution is -2.40. The molecule has 2 aromatic rings. The van der Waals surface area contributed by atoms with E-state index in [4.69, 9.17) is 0 Å². The van der Waals surface area contributed by atoms with Gasteiger partial charge >= 0.3 is 0 Å². The fourth-order valence-corrected chi connectivity index (χ4v) is 3.22. The Kier molecular flexibility index (Phi) is 4.22. The summed E-state index contributed by atoms with van der Waals surface area (Å²) in [6.07, 6.45) is 8.11. The van der Waals surface area contributed by atoms with E-state index in [1.807, 2.05) is 37.2 Å². The first kappa shape index (κ1) is 14.8. The summed E-state index contributed by atoms with van der Waals surface area (Å²) in [5.41, 5.74) is 2.01. The molecule has 0 bridgehead atoms. The quantitative estimate of drug-likeness (QED) is 0.871. The fraction of sp³-hybridized carbons (Fsp3) is 0.471. The molecule has 0 unspecified atom stereocenters. The lowest BCUT2D eigenvalue weighted by molar-refractivity contribution is -0.131. The molecular weight excluding hydrogens is 276 g/mol. The van der Waals surface area contributed by atoms with Gasteiger partial charge in [0.25, 0.3) is 0 Å². The van der Waals surface area contributed by atoms with Crippen molar-refractivity contribution in [3.63, 3.8) is 0 Å². The highest BCUT2D eigenvalue weighted by Gasteiger charge is 2.27. The Hall–Kier alpha value is -2.17. The summed E-state index contributed by atoms with van der Waals surface area (Å²) in [6.45, 7) is 3.63. The molecule has 1 saturated heterocycles. The zero-order chi connectivity index (χ0) is 15.5. The van der Waals surface area contributed by atoms with E-state index in [1.54, 1.807) is 12.4 Å². The number of likely N-dealkylation sites (tertiary alicyclic amines) is 1. The highest BCUT2D eigenvalue weighted by Crippen LogP contribution is 2.26. The van der Waals surface area contributed by atoms with Crippen LogP contribution in [-0.4, -0.2) is 38.4 Å². The SMILES string of the molecule is Cc1cn(C)c([C@@H]2CCCN(C(=O)Cc3cccnc3)C2)n1. The number of hydrogen-bond acceptors (Lipinski definition) is 3. The van der Waals surface area contributed by atoms with E-state index in [0.29, 0.717) is 12.3 Å². The summed E-state index contributed by atoms with van der Waals surface area (Å²) in [7, 11) is 2.03. The van der Waals surface area contributed by atoms with Crippen molar-refractivity contribution in [1.82, 2.24) is 19.4 Å². The van der Waals surface area contributed by atoms with Crippen LogP contribution < -0.4 is 0 Å². The fourth-order valence-electron chi connectivity index (χ4n) is 3.22. The van der Waals surface area contributed by atoms with Crippen LogP contribution in [0.25, 0.3) is 0 Å². The van der Waals surface area contributed by atoms with Gasteiger partial charge < -0.3 is 9.47 Å². The van der Waals surface area contributed by atoms with Crippen LogP contribution in [0.3, 0.4) is 0 Å². The maximum absolute atomic E-state index is 12.5. The maximum atomic E-state index is 12.5. The number of hydrogen-bond donors (Lipinski definition) is 0. The van der Waals surface area contributed by atoms with Crippen LogP contribution in [0.5, 0.6) is 0 Å². The second kappa shape index (κ2) is 6.30. The molecule has 0 spiro atoms. The third-order valence-electron chi connectivity index (χ3n) is 4.25. The minimum atomic E-state index is 0.184. The highest BCUT2D eigenvalue weighted by molar-refractivity contribution is 5.78. The third-order valence-corrected chi connectivity index (χ3v) is 4.25. The van der Waals surface area contributed by atoms with Crippen LogP contribution in [0.2, 0.25) is 0 Å². The first-order valence-corrected chi connectivity index (χ1v) is 7.80. The van der Waals surface area contributed by atoms with Crippen molar-refractivity contribution in [1.29, 1.82) is 0 Å². The first-order chi connectivity index (χ1) is 10.6. The van der Waals surface area contributed by atoms with E-state index in [-0.39, 0.29) is 5.91 Å². The lowest BCUT2D eigenvalue weighted by atomic mass is 9.96. The molecule has 0 aliphatic carbocycles. The van der Waals surface area contributed by atoms with Crippen LogP contribution in [-0.2, 0) is 18.3 Å². The second-order valence-corrected chi connectivity index (χ2v) is 6.07. The molecule has 1 aliphatic rings. The van der Waals surface area contributed by atoms with Gasteiger partial charge in [0.05, 0.1) is 12.1 Å². The molecule has 0 saturated carbocycles. The number of imidazole rings is 1. The standard InChI is InChI=1S/C17H22N4O/c1-13-11-20(2)17(19-13)15-6-4-8-21(12-15)16(22)9-14-5-3-7-18-10-14/h3,5,7,10-11,15H,4,6,8-9,12H2,1-2H3/t15-/m1/s1. The molecule has 0 aromatic carbocycles. The number of rotatable bonds is 3. The topological polar surface area (TPSA) is 51.0 Å². The summed E-state index contributed by atoms with van der Waals surface area (Å²) in [5.74, 6) is 1.62. The Morgan fingerprint density at radius 1 is 1.45 bits per heavy atom. The van der Waals surface area contributed by atoms with Crippen LogP contribution in [0.15, 0.2) is 30.7 Å². The maximum Gasteiger partial charge on any atom is 0.227 e. The number of piperidine rings is 1. The molecular formula is C17H22N4O. The molecule has 5 heteroatoms. The molecule has 5 nitrogen and oxygen atoms in total. The largest absolute Gasteiger partial charge is 0.342 e. The molecule has 1 aliphatic heterocycles. The third kappa shape index (κ3) is 3.18. The molecule has 2 aromatic heterocycles. The van der Waals surface area contributed by atoms with Crippen molar-refractivity contribution in [2.24, 2.45) is 7.05 Å². The van der Waals surface area contributed by atoms with Crippen molar-refractivity contribution in [3.05, 3.63) is 47.8 Å². The highest BCUT2D eigenvalue weighted by atomic mass is 16.2. The number of carbonyl (C=O) groups is 1. The van der Waals surface area contributed by atoms with Crippen molar-refractivity contribution in [2.45, 2.75) is 32.1 Å². The zero-order valence-corrected chi connectivity index (χ0v) is 13.2. The Labute approximate surface area is 131 Å². The van der Waals surface area contributed by atoms with Crippen molar-refractivity contribution in [3.8, 4) is 0 Å². The van der Waals surface area contributed by atoms with Crippen molar-refractivity contribution in [2.75, 3.05) is 13.1 Å². The molecule has 3 rings (SSSR count). The predicted molar refractivity (Wildman–Crippen MR) is 84.4 cm³/mol. The number of carbonyl (C=O) groups excluding carboxylic acids is 1. The van der Waals surface area contributed by atoms with E-state index in [0.717, 1.165) is 43.0 Å².